The number of halogens is 2. The van der Waals surface area contributed by atoms with Crippen molar-refractivity contribution in [2.45, 2.75) is 6.54 Å². The fourth-order valence-corrected chi connectivity index (χ4v) is 3.34. The van der Waals surface area contributed by atoms with E-state index in [9.17, 15) is 9.59 Å². The molecular formula is C19H14Cl2N2O2S. The van der Waals surface area contributed by atoms with Gasteiger partial charge in [-0.3, -0.25) is 9.59 Å². The van der Waals surface area contributed by atoms with Gasteiger partial charge in [0.25, 0.3) is 11.8 Å². The molecule has 0 aliphatic rings. The highest BCUT2D eigenvalue weighted by Crippen LogP contribution is 2.21. The number of anilines is 1. The van der Waals surface area contributed by atoms with Crippen molar-refractivity contribution in [3.63, 3.8) is 0 Å². The number of hydrogen-bond acceptors (Lipinski definition) is 3. The monoisotopic (exact) mass is 404 g/mol. The predicted octanol–water partition coefficient (Wildman–Crippen LogP) is 5.24. The number of thiophene rings is 1. The van der Waals surface area contributed by atoms with Crippen LogP contribution in [0, 0.1) is 0 Å². The molecule has 3 rings (SSSR count). The normalized spacial score (nSPS) is 10.4. The van der Waals surface area contributed by atoms with Crippen LogP contribution in [0.15, 0.2) is 60.0 Å². The molecule has 0 fully saturated rings. The molecule has 4 nitrogen and oxygen atoms in total. The van der Waals surface area contributed by atoms with Crippen LogP contribution in [0.4, 0.5) is 5.69 Å². The molecular weight excluding hydrogens is 391 g/mol. The standard InChI is InChI=1S/C19H14Cl2N2O2S/c20-14-6-3-13(16(21)10-14)11-22-18(24)12-4-7-15(8-5-12)23-19(25)17-2-1-9-26-17/h1-10H,11H2,(H,22,24)(H,23,25). The van der Waals surface area contributed by atoms with Gasteiger partial charge in [0.05, 0.1) is 4.88 Å². The molecule has 2 aromatic carbocycles. The molecule has 0 atom stereocenters. The van der Waals surface area contributed by atoms with Gasteiger partial charge in [0, 0.05) is 27.8 Å². The van der Waals surface area contributed by atoms with Gasteiger partial charge in [-0.15, -0.1) is 11.3 Å². The first-order valence-electron chi connectivity index (χ1n) is 7.70. The number of benzene rings is 2. The first-order valence-corrected chi connectivity index (χ1v) is 9.33. The second kappa shape index (κ2) is 8.36. The second-order valence-corrected chi connectivity index (χ2v) is 7.22. The van der Waals surface area contributed by atoms with E-state index >= 15 is 0 Å². The van der Waals surface area contributed by atoms with Gasteiger partial charge >= 0.3 is 0 Å². The molecule has 132 valence electrons. The summed E-state index contributed by atoms with van der Waals surface area (Å²) in [6, 6.07) is 15.4. The lowest BCUT2D eigenvalue weighted by Gasteiger charge is -2.08. The number of rotatable bonds is 5. The third-order valence-corrected chi connectivity index (χ3v) is 5.06. The fraction of sp³-hybridized carbons (Fsp3) is 0.0526. The third kappa shape index (κ3) is 4.64. The van der Waals surface area contributed by atoms with Crippen molar-refractivity contribution in [1.82, 2.24) is 5.32 Å². The lowest BCUT2D eigenvalue weighted by Crippen LogP contribution is -2.23. The highest BCUT2D eigenvalue weighted by molar-refractivity contribution is 7.12. The molecule has 0 bridgehead atoms. The quantitative estimate of drug-likeness (QED) is 0.610. The Balaban J connectivity index is 1.59. The van der Waals surface area contributed by atoms with E-state index in [4.69, 9.17) is 23.2 Å². The average molecular weight is 405 g/mol. The Kier molecular flexibility index (Phi) is 5.93. The largest absolute Gasteiger partial charge is 0.348 e. The summed E-state index contributed by atoms with van der Waals surface area (Å²) in [6.07, 6.45) is 0. The molecule has 26 heavy (non-hydrogen) atoms. The summed E-state index contributed by atoms with van der Waals surface area (Å²) >= 11 is 13.3. The maximum atomic E-state index is 12.3. The molecule has 1 heterocycles. The Labute approximate surface area is 164 Å². The van der Waals surface area contributed by atoms with Crippen LogP contribution in [0.2, 0.25) is 10.0 Å². The molecule has 0 radical (unpaired) electrons. The molecule has 0 saturated carbocycles. The van der Waals surface area contributed by atoms with Crippen molar-refractivity contribution in [3.8, 4) is 0 Å². The summed E-state index contributed by atoms with van der Waals surface area (Å²) in [4.78, 5) is 24.9. The van der Waals surface area contributed by atoms with Gasteiger partial charge in [-0.05, 0) is 53.4 Å². The summed E-state index contributed by atoms with van der Waals surface area (Å²) in [7, 11) is 0. The van der Waals surface area contributed by atoms with Gasteiger partial charge in [0.15, 0.2) is 0 Å². The van der Waals surface area contributed by atoms with Crippen LogP contribution in [-0.2, 0) is 6.54 Å². The molecule has 7 heteroatoms. The molecule has 0 saturated heterocycles. The Bertz CT molecular complexity index is 925. The van der Waals surface area contributed by atoms with Crippen LogP contribution in [0.5, 0.6) is 0 Å². The van der Waals surface area contributed by atoms with Crippen molar-refractivity contribution in [2.75, 3.05) is 5.32 Å². The van der Waals surface area contributed by atoms with Crippen molar-refractivity contribution in [2.24, 2.45) is 0 Å². The number of carbonyl (C=O) groups excluding carboxylic acids is 2. The lowest BCUT2D eigenvalue weighted by atomic mass is 10.1. The first-order chi connectivity index (χ1) is 12.5. The highest BCUT2D eigenvalue weighted by Gasteiger charge is 2.09. The number of carbonyl (C=O) groups is 2. The molecule has 1 aromatic heterocycles. The molecule has 2 amide bonds. The van der Waals surface area contributed by atoms with Crippen LogP contribution >= 0.6 is 34.5 Å². The third-order valence-electron chi connectivity index (χ3n) is 3.60. The summed E-state index contributed by atoms with van der Waals surface area (Å²) < 4.78 is 0. The first kappa shape index (κ1) is 18.5. The SMILES string of the molecule is O=C(NCc1ccc(Cl)cc1Cl)c1ccc(NC(=O)c2cccs2)cc1. The minimum atomic E-state index is -0.229. The number of nitrogens with one attached hydrogen (secondary N) is 2. The van der Waals surface area contributed by atoms with Gasteiger partial charge in [0.2, 0.25) is 0 Å². The van der Waals surface area contributed by atoms with Crippen LogP contribution in [-0.4, -0.2) is 11.8 Å². The zero-order chi connectivity index (χ0) is 18.5. The Morgan fingerprint density at radius 2 is 1.73 bits per heavy atom. The van der Waals surface area contributed by atoms with Crippen LogP contribution in [0.3, 0.4) is 0 Å². The smallest absolute Gasteiger partial charge is 0.265 e. The van der Waals surface area contributed by atoms with Crippen molar-refractivity contribution in [3.05, 3.63) is 86.0 Å². The minimum absolute atomic E-state index is 0.172. The maximum Gasteiger partial charge on any atom is 0.265 e. The van der Waals surface area contributed by atoms with E-state index < -0.39 is 0 Å². The molecule has 0 spiro atoms. The zero-order valence-electron chi connectivity index (χ0n) is 13.5. The predicted molar refractivity (Wildman–Crippen MR) is 106 cm³/mol. The summed E-state index contributed by atoms with van der Waals surface area (Å²) in [6.45, 7) is 0.297. The Morgan fingerprint density at radius 3 is 2.38 bits per heavy atom. The highest BCUT2D eigenvalue weighted by atomic mass is 35.5. The molecule has 2 N–H and O–H groups in total. The van der Waals surface area contributed by atoms with Gasteiger partial charge in [0.1, 0.15) is 0 Å². The summed E-state index contributed by atoms with van der Waals surface area (Å²) in [5, 5.41) is 8.49. The van der Waals surface area contributed by atoms with Crippen LogP contribution < -0.4 is 10.6 Å². The summed E-state index contributed by atoms with van der Waals surface area (Å²) in [5.74, 6) is -0.401. The average Bonchev–Trinajstić information content (AvgIpc) is 3.16. The maximum absolute atomic E-state index is 12.3. The van der Waals surface area contributed by atoms with Crippen molar-refractivity contribution < 1.29 is 9.59 Å². The fourth-order valence-electron chi connectivity index (χ4n) is 2.25. The van der Waals surface area contributed by atoms with E-state index in [2.05, 4.69) is 10.6 Å². The number of hydrogen-bond donors (Lipinski definition) is 2. The molecule has 0 aliphatic heterocycles. The van der Waals surface area contributed by atoms with Gasteiger partial charge < -0.3 is 10.6 Å². The van der Waals surface area contributed by atoms with Crippen molar-refractivity contribution >= 4 is 52.0 Å². The second-order valence-electron chi connectivity index (χ2n) is 5.43. The summed E-state index contributed by atoms with van der Waals surface area (Å²) in [5.41, 5.74) is 1.90. The van der Waals surface area contributed by atoms with Crippen LogP contribution in [0.1, 0.15) is 25.6 Å². The van der Waals surface area contributed by atoms with E-state index in [0.29, 0.717) is 32.7 Å². The zero-order valence-corrected chi connectivity index (χ0v) is 15.8. The van der Waals surface area contributed by atoms with Crippen molar-refractivity contribution in [1.29, 1.82) is 0 Å². The molecule has 0 unspecified atom stereocenters. The minimum Gasteiger partial charge on any atom is -0.348 e. The Hall–Kier alpha value is -2.34. The number of amides is 2. The van der Waals surface area contributed by atoms with Gasteiger partial charge in [-0.1, -0.05) is 35.3 Å². The van der Waals surface area contributed by atoms with E-state index in [0.717, 1.165) is 5.56 Å². The topological polar surface area (TPSA) is 58.2 Å². The molecule has 3 aromatic rings. The van der Waals surface area contributed by atoms with E-state index in [1.54, 1.807) is 48.5 Å². The van der Waals surface area contributed by atoms with Crippen LogP contribution in [0.25, 0.3) is 0 Å². The Morgan fingerprint density at radius 1 is 0.962 bits per heavy atom. The van der Waals surface area contributed by atoms with Gasteiger partial charge in [-0.25, -0.2) is 0 Å². The van der Waals surface area contributed by atoms with E-state index in [-0.39, 0.29) is 11.8 Å². The molecule has 0 aliphatic carbocycles. The van der Waals surface area contributed by atoms with E-state index in [1.807, 2.05) is 11.4 Å². The van der Waals surface area contributed by atoms with E-state index in [1.165, 1.54) is 11.3 Å². The van der Waals surface area contributed by atoms with Gasteiger partial charge in [-0.2, -0.15) is 0 Å². The lowest BCUT2D eigenvalue weighted by molar-refractivity contribution is 0.0950.